The van der Waals surface area contributed by atoms with Crippen LogP contribution in [0.1, 0.15) is 54.1 Å². The van der Waals surface area contributed by atoms with Gasteiger partial charge in [0.25, 0.3) is 11.5 Å². The standard InChI is InChI=1S/C27H32N4O5S/c1-16(2)23(26(35)28-13-4-14-32)30-25(34)22-12-11-21(36-22)18-9-7-17(8-10-18)15-37-27-29-20-6-3-5-19(20)24(33)31-27/h7-12,16,23,32H,3-6,13-15H2,1-2H3,(H,28,35)(H,30,34)(H,29,31,33)/t23-/m1/s1. The molecule has 1 aliphatic carbocycles. The number of thioether (sulfide) groups is 1. The lowest BCUT2D eigenvalue weighted by atomic mass is 10.0. The summed E-state index contributed by atoms with van der Waals surface area (Å²) < 4.78 is 5.78. The van der Waals surface area contributed by atoms with Crippen molar-refractivity contribution in [1.29, 1.82) is 0 Å². The van der Waals surface area contributed by atoms with Gasteiger partial charge in [0, 0.05) is 30.0 Å². The van der Waals surface area contributed by atoms with E-state index in [-0.39, 0.29) is 29.8 Å². The quantitative estimate of drug-likeness (QED) is 0.172. The highest BCUT2D eigenvalue weighted by Crippen LogP contribution is 2.26. The summed E-state index contributed by atoms with van der Waals surface area (Å²) in [6, 6.07) is 10.4. The number of aliphatic hydroxyl groups is 1. The van der Waals surface area contributed by atoms with Gasteiger partial charge in [-0.25, -0.2) is 4.98 Å². The summed E-state index contributed by atoms with van der Waals surface area (Å²) in [5.74, 6) is 0.438. The lowest BCUT2D eigenvalue weighted by Gasteiger charge is -2.21. The van der Waals surface area contributed by atoms with Crippen molar-refractivity contribution in [1.82, 2.24) is 20.6 Å². The van der Waals surface area contributed by atoms with Gasteiger partial charge < -0.3 is 25.1 Å². The van der Waals surface area contributed by atoms with Crippen molar-refractivity contribution < 1.29 is 19.1 Å². The summed E-state index contributed by atoms with van der Waals surface area (Å²) in [6.45, 7) is 4.03. The first-order chi connectivity index (χ1) is 17.9. The van der Waals surface area contributed by atoms with E-state index in [0.717, 1.165) is 41.6 Å². The van der Waals surface area contributed by atoms with E-state index in [0.29, 0.717) is 29.6 Å². The average Bonchev–Trinajstić information content (AvgIpc) is 3.57. The van der Waals surface area contributed by atoms with Gasteiger partial charge in [0.05, 0.1) is 5.69 Å². The van der Waals surface area contributed by atoms with Crippen molar-refractivity contribution >= 4 is 23.6 Å². The van der Waals surface area contributed by atoms with Gasteiger partial charge in [-0.05, 0) is 49.3 Å². The molecular formula is C27H32N4O5S. The van der Waals surface area contributed by atoms with Crippen molar-refractivity contribution in [2.24, 2.45) is 5.92 Å². The third-order valence-electron chi connectivity index (χ3n) is 6.23. The largest absolute Gasteiger partial charge is 0.451 e. The van der Waals surface area contributed by atoms with Crippen molar-refractivity contribution in [3.05, 3.63) is 69.3 Å². The molecule has 3 aromatic rings. The lowest BCUT2D eigenvalue weighted by Crippen LogP contribution is -2.49. The molecule has 0 aliphatic heterocycles. The third-order valence-corrected chi connectivity index (χ3v) is 7.18. The third kappa shape index (κ3) is 6.69. The molecule has 0 saturated heterocycles. The molecule has 2 heterocycles. The summed E-state index contributed by atoms with van der Waals surface area (Å²) >= 11 is 1.49. The van der Waals surface area contributed by atoms with Gasteiger partial charge in [-0.2, -0.15) is 0 Å². The van der Waals surface area contributed by atoms with E-state index in [9.17, 15) is 14.4 Å². The maximum atomic E-state index is 12.7. The SMILES string of the molecule is CC(C)[C@@H](NC(=O)c1ccc(-c2ccc(CSc3nc4c(c(=O)[nH]3)CCC4)cc2)o1)C(=O)NCCCO. The molecule has 4 rings (SSSR count). The van der Waals surface area contributed by atoms with Gasteiger partial charge in [-0.15, -0.1) is 0 Å². The molecular weight excluding hydrogens is 492 g/mol. The fraction of sp³-hybridized carbons (Fsp3) is 0.407. The summed E-state index contributed by atoms with van der Waals surface area (Å²) in [5, 5.41) is 15.0. The molecule has 0 saturated carbocycles. The van der Waals surface area contributed by atoms with Crippen molar-refractivity contribution in [3.8, 4) is 11.3 Å². The van der Waals surface area contributed by atoms with Crippen LogP contribution in [-0.4, -0.2) is 46.1 Å². The zero-order chi connectivity index (χ0) is 26.4. The molecule has 196 valence electrons. The minimum Gasteiger partial charge on any atom is -0.451 e. The predicted octanol–water partition coefficient (Wildman–Crippen LogP) is 3.06. The molecule has 0 fully saturated rings. The maximum Gasteiger partial charge on any atom is 0.287 e. The normalized spacial score (nSPS) is 13.4. The van der Waals surface area contributed by atoms with Crippen LogP contribution in [0.5, 0.6) is 0 Å². The molecule has 1 aliphatic rings. The molecule has 10 heteroatoms. The fourth-order valence-corrected chi connectivity index (χ4v) is 5.00. The Balaban J connectivity index is 1.35. The van der Waals surface area contributed by atoms with Gasteiger partial charge in [0.15, 0.2) is 10.9 Å². The van der Waals surface area contributed by atoms with E-state index in [1.807, 2.05) is 38.1 Å². The number of aromatic amines is 1. The summed E-state index contributed by atoms with van der Waals surface area (Å²) in [5.41, 5.74) is 3.59. The number of furan rings is 1. The molecule has 0 bridgehead atoms. The van der Waals surface area contributed by atoms with Crippen LogP contribution in [-0.2, 0) is 23.4 Å². The minimum absolute atomic E-state index is 0.0132. The Kier molecular flexibility index (Phi) is 8.83. The number of hydrogen-bond donors (Lipinski definition) is 4. The number of carbonyl (C=O) groups excluding carboxylic acids is 2. The predicted molar refractivity (Wildman–Crippen MR) is 141 cm³/mol. The number of benzene rings is 1. The van der Waals surface area contributed by atoms with Crippen LogP contribution < -0.4 is 16.2 Å². The van der Waals surface area contributed by atoms with E-state index >= 15 is 0 Å². The van der Waals surface area contributed by atoms with Crippen LogP contribution in [0.2, 0.25) is 0 Å². The molecule has 4 N–H and O–H groups in total. The zero-order valence-electron chi connectivity index (χ0n) is 21.0. The first-order valence-corrected chi connectivity index (χ1v) is 13.5. The Hall–Kier alpha value is -3.37. The van der Waals surface area contributed by atoms with Crippen LogP contribution in [0.4, 0.5) is 0 Å². The highest BCUT2D eigenvalue weighted by molar-refractivity contribution is 7.98. The van der Waals surface area contributed by atoms with E-state index in [1.54, 1.807) is 12.1 Å². The Bertz CT molecular complexity index is 1300. The van der Waals surface area contributed by atoms with Gasteiger partial charge in [0.1, 0.15) is 11.8 Å². The second-order valence-electron chi connectivity index (χ2n) is 9.36. The second kappa shape index (κ2) is 12.2. The molecule has 9 nitrogen and oxygen atoms in total. The Morgan fingerprint density at radius 1 is 1.16 bits per heavy atom. The first kappa shape index (κ1) is 26.7. The molecule has 0 radical (unpaired) electrons. The van der Waals surface area contributed by atoms with Crippen LogP contribution in [0.25, 0.3) is 11.3 Å². The second-order valence-corrected chi connectivity index (χ2v) is 10.3. The number of rotatable bonds is 11. The van der Waals surface area contributed by atoms with Crippen LogP contribution >= 0.6 is 11.8 Å². The molecule has 2 amide bonds. The molecule has 37 heavy (non-hydrogen) atoms. The summed E-state index contributed by atoms with van der Waals surface area (Å²) in [4.78, 5) is 44.9. The number of carbonyl (C=O) groups is 2. The number of amides is 2. The van der Waals surface area contributed by atoms with Crippen LogP contribution in [0.15, 0.2) is 50.8 Å². The highest BCUT2D eigenvalue weighted by atomic mass is 32.2. The Morgan fingerprint density at radius 3 is 2.68 bits per heavy atom. The molecule has 1 aromatic carbocycles. The lowest BCUT2D eigenvalue weighted by molar-refractivity contribution is -0.123. The van der Waals surface area contributed by atoms with E-state index in [2.05, 4.69) is 20.6 Å². The molecule has 0 unspecified atom stereocenters. The first-order valence-electron chi connectivity index (χ1n) is 12.5. The van der Waals surface area contributed by atoms with Gasteiger partial charge >= 0.3 is 0 Å². The van der Waals surface area contributed by atoms with Crippen molar-refractivity contribution in [3.63, 3.8) is 0 Å². The highest BCUT2D eigenvalue weighted by Gasteiger charge is 2.25. The van der Waals surface area contributed by atoms with Gasteiger partial charge in [0.2, 0.25) is 5.91 Å². The van der Waals surface area contributed by atoms with Crippen LogP contribution in [0, 0.1) is 5.92 Å². The number of fused-ring (bicyclic) bond motifs is 1. The number of hydrogen-bond acceptors (Lipinski definition) is 7. The molecule has 1 atom stereocenters. The zero-order valence-corrected chi connectivity index (χ0v) is 21.8. The fourth-order valence-electron chi connectivity index (χ4n) is 4.17. The average molecular weight is 525 g/mol. The number of aromatic nitrogens is 2. The number of aliphatic hydroxyl groups excluding tert-OH is 1. The maximum absolute atomic E-state index is 12.7. The van der Waals surface area contributed by atoms with E-state index < -0.39 is 11.9 Å². The Morgan fingerprint density at radius 2 is 1.95 bits per heavy atom. The number of nitrogens with one attached hydrogen (secondary N) is 3. The van der Waals surface area contributed by atoms with E-state index in [1.165, 1.54) is 11.8 Å². The molecule has 0 spiro atoms. The number of aryl methyl sites for hydroxylation is 1. The summed E-state index contributed by atoms with van der Waals surface area (Å²) in [7, 11) is 0. The smallest absolute Gasteiger partial charge is 0.287 e. The van der Waals surface area contributed by atoms with Crippen molar-refractivity contribution in [2.75, 3.05) is 13.2 Å². The number of H-pyrrole nitrogens is 1. The Labute approximate surface area is 219 Å². The summed E-state index contributed by atoms with van der Waals surface area (Å²) in [6.07, 6.45) is 3.10. The molecule has 2 aromatic heterocycles. The van der Waals surface area contributed by atoms with Gasteiger partial charge in [-0.3, -0.25) is 14.4 Å². The van der Waals surface area contributed by atoms with Crippen LogP contribution in [0.3, 0.4) is 0 Å². The monoisotopic (exact) mass is 524 g/mol. The van der Waals surface area contributed by atoms with Gasteiger partial charge in [-0.1, -0.05) is 49.9 Å². The number of nitrogens with zero attached hydrogens (tertiary/aromatic N) is 1. The topological polar surface area (TPSA) is 137 Å². The minimum atomic E-state index is -0.716. The van der Waals surface area contributed by atoms with Crippen molar-refractivity contribution in [2.45, 2.75) is 56.5 Å². The van der Waals surface area contributed by atoms with E-state index in [4.69, 9.17) is 9.52 Å².